The molecule has 1 amide bonds. The molecule has 3 heterocycles. The van der Waals surface area contributed by atoms with E-state index in [-0.39, 0.29) is 18.6 Å². The zero-order valence-corrected chi connectivity index (χ0v) is 24.6. The fourth-order valence-corrected chi connectivity index (χ4v) is 4.68. The first-order valence-electron chi connectivity index (χ1n) is 13.7. The molecule has 2 aromatic carbocycles. The van der Waals surface area contributed by atoms with E-state index in [2.05, 4.69) is 26.7 Å². The second-order valence-corrected chi connectivity index (χ2v) is 10.6. The lowest BCUT2D eigenvalue weighted by atomic mass is 10.1. The number of nitriles is 1. The van der Waals surface area contributed by atoms with E-state index >= 15 is 0 Å². The van der Waals surface area contributed by atoms with Gasteiger partial charge in [-0.15, -0.1) is 0 Å². The van der Waals surface area contributed by atoms with Crippen molar-refractivity contribution in [3.05, 3.63) is 89.4 Å². The van der Waals surface area contributed by atoms with E-state index in [0.29, 0.717) is 69.8 Å². The summed E-state index contributed by atoms with van der Waals surface area (Å²) < 4.78 is 17.5. The molecular formula is C32H31ClN6O4. The van der Waals surface area contributed by atoms with Crippen molar-refractivity contribution in [1.29, 1.82) is 5.26 Å². The number of hydrogen-bond acceptors (Lipinski definition) is 9. The first kappa shape index (κ1) is 29.8. The van der Waals surface area contributed by atoms with E-state index in [1.165, 1.54) is 12.3 Å². The van der Waals surface area contributed by atoms with Crippen LogP contribution in [-0.4, -0.2) is 60.7 Å². The molecule has 1 aliphatic heterocycles. The number of aromatic nitrogens is 2. The summed E-state index contributed by atoms with van der Waals surface area (Å²) in [6, 6.07) is 16.6. The zero-order valence-electron chi connectivity index (χ0n) is 23.8. The molecule has 10 nitrogen and oxygen atoms in total. The highest BCUT2D eigenvalue weighted by atomic mass is 35.5. The van der Waals surface area contributed by atoms with Gasteiger partial charge in [0.05, 0.1) is 46.4 Å². The number of halogens is 1. The molecule has 0 bridgehead atoms. The number of anilines is 3. The maximum absolute atomic E-state index is 12.8. The summed E-state index contributed by atoms with van der Waals surface area (Å²) >= 11 is 6.55. The Labute approximate surface area is 254 Å². The number of amides is 1. The monoisotopic (exact) mass is 598 g/mol. The lowest BCUT2D eigenvalue weighted by molar-refractivity contribution is -0.111. The van der Waals surface area contributed by atoms with Gasteiger partial charge in [-0.25, -0.2) is 0 Å². The number of fused-ring (bicyclic) bond motifs is 1. The van der Waals surface area contributed by atoms with Crippen molar-refractivity contribution in [2.45, 2.75) is 19.1 Å². The molecular weight excluding hydrogens is 568 g/mol. The number of carbonyl (C=O) groups excluding carboxylic acids is 1. The van der Waals surface area contributed by atoms with Crippen molar-refractivity contribution in [3.8, 4) is 17.6 Å². The first-order valence-corrected chi connectivity index (χ1v) is 14.1. The summed E-state index contributed by atoms with van der Waals surface area (Å²) in [5, 5.41) is 17.2. The lowest BCUT2D eigenvalue weighted by Crippen LogP contribution is -2.18. The van der Waals surface area contributed by atoms with E-state index in [9.17, 15) is 10.1 Å². The number of rotatable bonds is 11. The van der Waals surface area contributed by atoms with Gasteiger partial charge in [-0.2, -0.15) is 5.26 Å². The number of carbonyl (C=O) groups is 1. The third kappa shape index (κ3) is 7.78. The molecule has 43 heavy (non-hydrogen) atoms. The Kier molecular flexibility index (Phi) is 9.69. The van der Waals surface area contributed by atoms with Crippen molar-refractivity contribution >= 4 is 45.5 Å². The fraction of sp³-hybridized carbons (Fsp3) is 0.250. The number of hydrogen-bond donors (Lipinski definition) is 2. The molecule has 5 rings (SSSR count). The van der Waals surface area contributed by atoms with Gasteiger partial charge >= 0.3 is 0 Å². The quantitative estimate of drug-likeness (QED) is 0.209. The highest BCUT2D eigenvalue weighted by Gasteiger charge is 2.21. The Morgan fingerprint density at radius 1 is 1.21 bits per heavy atom. The van der Waals surface area contributed by atoms with Crippen LogP contribution >= 0.6 is 11.6 Å². The zero-order chi connectivity index (χ0) is 30.2. The number of likely N-dealkylation sites (N-methyl/N-ethyl adjacent to an activating group) is 1. The highest BCUT2D eigenvalue weighted by Crippen LogP contribution is 2.38. The average molecular weight is 599 g/mol. The van der Waals surface area contributed by atoms with E-state index in [0.717, 1.165) is 12.1 Å². The van der Waals surface area contributed by atoms with E-state index in [4.69, 9.17) is 25.8 Å². The summed E-state index contributed by atoms with van der Waals surface area (Å²) in [6.45, 7) is 1.97. The lowest BCUT2D eigenvalue weighted by Gasteiger charge is -2.19. The molecule has 0 radical (unpaired) electrons. The molecule has 0 spiro atoms. The van der Waals surface area contributed by atoms with Crippen LogP contribution in [0.5, 0.6) is 11.5 Å². The standard InChI is InChI=1S/C32H31ClN6O4/c1-39(2)12-5-7-31(40)38-28-15-25-27(16-30(28)43-24-10-13-41-20-24)36-18-21(17-34)32(25)37-22-8-9-29(26(33)14-22)42-19-23-6-3-4-11-35-23/h3-9,11,14-16,18,24H,10,12-13,19-20H2,1-2H3,(H,36,37)(H,38,40)/t24-/m0/s1. The molecule has 0 saturated carbocycles. The SMILES string of the molecule is CN(C)CC=CC(=O)Nc1cc2c(Nc3ccc(OCc4ccccn4)c(Cl)c3)c(C#N)cnc2cc1O[C@H]1CCOC1. The second kappa shape index (κ2) is 14.0. The van der Waals surface area contributed by atoms with Crippen LogP contribution in [-0.2, 0) is 16.1 Å². The minimum Gasteiger partial charge on any atom is -0.486 e. The van der Waals surface area contributed by atoms with Gasteiger partial charge in [0.1, 0.15) is 30.3 Å². The minimum absolute atomic E-state index is 0.145. The third-order valence-corrected chi connectivity index (χ3v) is 6.87. The van der Waals surface area contributed by atoms with Crippen LogP contribution in [0.2, 0.25) is 5.02 Å². The molecule has 1 saturated heterocycles. The summed E-state index contributed by atoms with van der Waals surface area (Å²) in [7, 11) is 3.84. The summed E-state index contributed by atoms with van der Waals surface area (Å²) in [6.07, 6.45) is 7.06. The normalized spacial score (nSPS) is 14.6. The third-order valence-electron chi connectivity index (χ3n) is 6.57. The number of nitrogens with zero attached hydrogens (tertiary/aromatic N) is 4. The predicted octanol–water partition coefficient (Wildman–Crippen LogP) is 5.70. The molecule has 4 aromatic rings. The van der Waals surface area contributed by atoms with Crippen molar-refractivity contribution < 1.29 is 19.0 Å². The number of nitrogens with one attached hydrogen (secondary N) is 2. The van der Waals surface area contributed by atoms with Gasteiger partial charge in [0, 0.05) is 48.6 Å². The molecule has 11 heteroatoms. The van der Waals surface area contributed by atoms with Crippen LogP contribution in [0, 0.1) is 11.3 Å². The van der Waals surface area contributed by atoms with E-state index in [1.807, 2.05) is 43.3 Å². The topological polar surface area (TPSA) is 122 Å². The van der Waals surface area contributed by atoms with E-state index < -0.39 is 0 Å². The second-order valence-electron chi connectivity index (χ2n) is 10.2. The molecule has 2 aromatic heterocycles. The summed E-state index contributed by atoms with van der Waals surface area (Å²) in [5.74, 6) is 0.668. The molecule has 220 valence electrons. The first-order chi connectivity index (χ1) is 20.9. The van der Waals surface area contributed by atoms with Crippen LogP contribution in [0.15, 0.2) is 73.1 Å². The average Bonchev–Trinajstić information content (AvgIpc) is 3.51. The van der Waals surface area contributed by atoms with Gasteiger partial charge in [0.2, 0.25) is 5.91 Å². The molecule has 0 aliphatic carbocycles. The maximum atomic E-state index is 12.8. The van der Waals surface area contributed by atoms with Crippen LogP contribution in [0.1, 0.15) is 17.7 Å². The van der Waals surface area contributed by atoms with Crippen molar-refractivity contribution in [2.75, 3.05) is 44.5 Å². The Morgan fingerprint density at radius 2 is 2.09 bits per heavy atom. The predicted molar refractivity (Wildman–Crippen MR) is 166 cm³/mol. The van der Waals surface area contributed by atoms with Crippen molar-refractivity contribution in [2.24, 2.45) is 0 Å². The van der Waals surface area contributed by atoms with E-state index in [1.54, 1.807) is 36.5 Å². The fourth-order valence-electron chi connectivity index (χ4n) is 4.44. The Bertz CT molecular complexity index is 1670. The number of benzene rings is 2. The Balaban J connectivity index is 1.46. The van der Waals surface area contributed by atoms with Gasteiger partial charge in [-0.3, -0.25) is 14.8 Å². The summed E-state index contributed by atoms with van der Waals surface area (Å²) in [5.41, 5.74) is 3.29. The van der Waals surface area contributed by atoms with Crippen LogP contribution in [0.4, 0.5) is 17.1 Å². The Morgan fingerprint density at radius 3 is 2.81 bits per heavy atom. The summed E-state index contributed by atoms with van der Waals surface area (Å²) in [4.78, 5) is 23.5. The largest absolute Gasteiger partial charge is 0.486 e. The smallest absolute Gasteiger partial charge is 0.248 e. The molecule has 1 aliphatic rings. The van der Waals surface area contributed by atoms with Crippen LogP contribution < -0.4 is 20.1 Å². The van der Waals surface area contributed by atoms with Crippen molar-refractivity contribution in [1.82, 2.24) is 14.9 Å². The van der Waals surface area contributed by atoms with Crippen LogP contribution in [0.3, 0.4) is 0 Å². The molecule has 1 atom stereocenters. The van der Waals surface area contributed by atoms with Crippen molar-refractivity contribution in [3.63, 3.8) is 0 Å². The molecule has 2 N–H and O–H groups in total. The Hall–Kier alpha value is -4.69. The van der Waals surface area contributed by atoms with Gasteiger partial charge in [0.25, 0.3) is 0 Å². The number of pyridine rings is 2. The maximum Gasteiger partial charge on any atom is 0.248 e. The van der Waals surface area contributed by atoms with Gasteiger partial charge in [-0.05, 0) is 50.5 Å². The minimum atomic E-state index is -0.305. The van der Waals surface area contributed by atoms with Crippen LogP contribution in [0.25, 0.3) is 10.9 Å². The molecule has 0 unspecified atom stereocenters. The van der Waals surface area contributed by atoms with Gasteiger partial charge < -0.3 is 29.7 Å². The number of ether oxygens (including phenoxy) is 3. The van der Waals surface area contributed by atoms with Gasteiger partial charge in [-0.1, -0.05) is 23.7 Å². The molecule has 1 fully saturated rings. The van der Waals surface area contributed by atoms with Gasteiger partial charge in [0.15, 0.2) is 0 Å². The highest BCUT2D eigenvalue weighted by molar-refractivity contribution is 6.32.